The van der Waals surface area contributed by atoms with E-state index in [1.165, 1.54) is 0 Å². The minimum atomic E-state index is 0.537. The van der Waals surface area contributed by atoms with Crippen LogP contribution in [0.5, 0.6) is 5.75 Å². The molecule has 0 aliphatic heterocycles. The third-order valence-corrected chi connectivity index (χ3v) is 2.41. The molecule has 0 aliphatic carbocycles. The number of aromatic nitrogens is 1. The highest BCUT2D eigenvalue weighted by Crippen LogP contribution is 2.17. The van der Waals surface area contributed by atoms with Crippen molar-refractivity contribution in [3.63, 3.8) is 0 Å². The molecule has 4 heteroatoms. The molecule has 0 atom stereocenters. The zero-order chi connectivity index (χ0) is 12.1. The van der Waals surface area contributed by atoms with E-state index < -0.39 is 0 Å². The van der Waals surface area contributed by atoms with Gasteiger partial charge in [-0.2, -0.15) is 0 Å². The van der Waals surface area contributed by atoms with Crippen molar-refractivity contribution in [3.8, 4) is 5.75 Å². The Morgan fingerprint density at radius 2 is 2.18 bits per heavy atom. The Morgan fingerprint density at radius 3 is 2.88 bits per heavy atom. The zero-order valence-electron chi connectivity index (χ0n) is 9.68. The summed E-state index contributed by atoms with van der Waals surface area (Å²) in [6, 6.07) is 11.6. The van der Waals surface area contributed by atoms with E-state index in [1.54, 1.807) is 19.4 Å². The average Bonchev–Trinajstić information content (AvgIpc) is 2.38. The van der Waals surface area contributed by atoms with Crippen LogP contribution in [-0.2, 0) is 6.54 Å². The largest absolute Gasteiger partial charge is 0.497 e. The lowest BCUT2D eigenvalue weighted by molar-refractivity contribution is 0.415. The molecule has 0 fully saturated rings. The van der Waals surface area contributed by atoms with Gasteiger partial charge in [0.25, 0.3) is 0 Å². The number of hydrogen-bond donors (Lipinski definition) is 2. The number of hydrogen-bond acceptors (Lipinski definition) is 4. The molecule has 0 aliphatic rings. The van der Waals surface area contributed by atoms with Crippen LogP contribution in [0.4, 0.5) is 11.5 Å². The molecule has 0 amide bonds. The standard InChI is InChI=1S/C13H15N3O/c1-17-12-4-2-3-11(7-12)15-8-10-5-6-13(14)16-9-10/h2-7,9,15H,8H2,1H3,(H2,14,16). The van der Waals surface area contributed by atoms with E-state index in [4.69, 9.17) is 10.5 Å². The van der Waals surface area contributed by atoms with E-state index in [1.807, 2.05) is 30.3 Å². The first-order valence-electron chi connectivity index (χ1n) is 5.36. The highest BCUT2D eigenvalue weighted by molar-refractivity contribution is 5.48. The molecule has 2 aromatic rings. The molecule has 1 aromatic heterocycles. The highest BCUT2D eigenvalue weighted by Gasteiger charge is 1.96. The minimum absolute atomic E-state index is 0.537. The van der Waals surface area contributed by atoms with E-state index in [2.05, 4.69) is 10.3 Å². The number of pyridine rings is 1. The normalized spacial score (nSPS) is 9.94. The maximum atomic E-state index is 5.52. The predicted octanol–water partition coefficient (Wildman–Crippen LogP) is 2.28. The summed E-state index contributed by atoms with van der Waals surface area (Å²) >= 11 is 0. The smallest absolute Gasteiger partial charge is 0.123 e. The fourth-order valence-corrected chi connectivity index (χ4v) is 1.48. The van der Waals surface area contributed by atoms with Crippen molar-refractivity contribution in [1.29, 1.82) is 0 Å². The maximum absolute atomic E-state index is 5.52. The molecule has 4 nitrogen and oxygen atoms in total. The first kappa shape index (κ1) is 11.3. The van der Waals surface area contributed by atoms with Gasteiger partial charge in [-0.25, -0.2) is 4.98 Å². The number of ether oxygens (including phenoxy) is 1. The van der Waals surface area contributed by atoms with Crippen LogP contribution in [0.2, 0.25) is 0 Å². The van der Waals surface area contributed by atoms with Crippen LogP contribution < -0.4 is 15.8 Å². The molecule has 1 heterocycles. The van der Waals surface area contributed by atoms with E-state index in [-0.39, 0.29) is 0 Å². The second-order valence-corrected chi connectivity index (χ2v) is 3.68. The fraction of sp³-hybridized carbons (Fsp3) is 0.154. The van der Waals surface area contributed by atoms with Gasteiger partial charge >= 0.3 is 0 Å². The summed E-state index contributed by atoms with van der Waals surface area (Å²) < 4.78 is 5.15. The maximum Gasteiger partial charge on any atom is 0.123 e. The molecule has 2 rings (SSSR count). The molecule has 0 unspecified atom stereocenters. The number of anilines is 2. The van der Waals surface area contributed by atoms with Crippen molar-refractivity contribution in [2.45, 2.75) is 6.54 Å². The van der Waals surface area contributed by atoms with Crippen LogP contribution >= 0.6 is 0 Å². The summed E-state index contributed by atoms with van der Waals surface area (Å²) in [5, 5.41) is 3.29. The molecule has 0 bridgehead atoms. The van der Waals surface area contributed by atoms with E-state index in [0.717, 1.165) is 17.0 Å². The molecule has 0 saturated heterocycles. The Morgan fingerprint density at radius 1 is 1.29 bits per heavy atom. The molecule has 88 valence electrons. The van der Waals surface area contributed by atoms with Gasteiger partial charge in [0.15, 0.2) is 0 Å². The lowest BCUT2D eigenvalue weighted by Gasteiger charge is -2.07. The zero-order valence-corrected chi connectivity index (χ0v) is 9.68. The van der Waals surface area contributed by atoms with E-state index in [9.17, 15) is 0 Å². The summed E-state index contributed by atoms with van der Waals surface area (Å²) in [6.07, 6.45) is 1.77. The number of rotatable bonds is 4. The molecule has 0 spiro atoms. The van der Waals surface area contributed by atoms with Gasteiger partial charge < -0.3 is 15.8 Å². The Bertz CT molecular complexity index is 482. The molecule has 0 saturated carbocycles. The number of methoxy groups -OCH3 is 1. The van der Waals surface area contributed by atoms with Gasteiger partial charge in [-0.05, 0) is 23.8 Å². The quantitative estimate of drug-likeness (QED) is 0.844. The summed E-state index contributed by atoms with van der Waals surface area (Å²) in [5.74, 6) is 1.38. The van der Waals surface area contributed by atoms with Crippen LogP contribution in [0.25, 0.3) is 0 Å². The topological polar surface area (TPSA) is 60.2 Å². The second-order valence-electron chi connectivity index (χ2n) is 3.68. The number of nitrogen functional groups attached to an aromatic ring is 1. The SMILES string of the molecule is COc1cccc(NCc2ccc(N)nc2)c1. The molecule has 1 aromatic carbocycles. The minimum Gasteiger partial charge on any atom is -0.497 e. The van der Waals surface area contributed by atoms with Crippen LogP contribution in [-0.4, -0.2) is 12.1 Å². The summed E-state index contributed by atoms with van der Waals surface area (Å²) in [6.45, 7) is 0.709. The Balaban J connectivity index is 1.99. The molecular formula is C13H15N3O. The van der Waals surface area contributed by atoms with E-state index in [0.29, 0.717) is 12.4 Å². The van der Waals surface area contributed by atoms with Gasteiger partial charge in [0, 0.05) is 24.5 Å². The van der Waals surface area contributed by atoms with Gasteiger partial charge in [-0.1, -0.05) is 12.1 Å². The van der Waals surface area contributed by atoms with Gasteiger partial charge in [0.2, 0.25) is 0 Å². The number of nitrogens with two attached hydrogens (primary N) is 1. The van der Waals surface area contributed by atoms with E-state index >= 15 is 0 Å². The van der Waals surface area contributed by atoms with Crippen LogP contribution in [0.15, 0.2) is 42.6 Å². The van der Waals surface area contributed by atoms with Crippen molar-refractivity contribution >= 4 is 11.5 Å². The third kappa shape index (κ3) is 3.11. The van der Waals surface area contributed by atoms with Crippen molar-refractivity contribution in [1.82, 2.24) is 4.98 Å². The number of benzene rings is 1. The second kappa shape index (κ2) is 5.21. The monoisotopic (exact) mass is 229 g/mol. The molecule has 3 N–H and O–H groups in total. The van der Waals surface area contributed by atoms with Crippen molar-refractivity contribution in [2.75, 3.05) is 18.2 Å². The summed E-state index contributed by atoms with van der Waals surface area (Å²) in [7, 11) is 1.66. The number of nitrogens with one attached hydrogen (secondary N) is 1. The van der Waals surface area contributed by atoms with Crippen LogP contribution in [0.1, 0.15) is 5.56 Å². The van der Waals surface area contributed by atoms with Gasteiger partial charge in [0.1, 0.15) is 11.6 Å². The third-order valence-electron chi connectivity index (χ3n) is 2.41. The van der Waals surface area contributed by atoms with Gasteiger partial charge in [-0.3, -0.25) is 0 Å². The Labute approximate surface area is 100 Å². The number of nitrogens with zero attached hydrogens (tertiary/aromatic N) is 1. The summed E-state index contributed by atoms with van der Waals surface area (Å²) in [5.41, 5.74) is 7.62. The average molecular weight is 229 g/mol. The van der Waals surface area contributed by atoms with Crippen molar-refractivity contribution in [2.24, 2.45) is 0 Å². The molecule has 0 radical (unpaired) electrons. The van der Waals surface area contributed by atoms with Crippen molar-refractivity contribution < 1.29 is 4.74 Å². The Hall–Kier alpha value is -2.23. The van der Waals surface area contributed by atoms with Crippen molar-refractivity contribution in [3.05, 3.63) is 48.2 Å². The Kier molecular flexibility index (Phi) is 3.45. The first-order chi connectivity index (χ1) is 8.28. The highest BCUT2D eigenvalue weighted by atomic mass is 16.5. The van der Waals surface area contributed by atoms with Crippen LogP contribution in [0, 0.1) is 0 Å². The van der Waals surface area contributed by atoms with Gasteiger partial charge in [0.05, 0.1) is 7.11 Å². The fourth-order valence-electron chi connectivity index (χ4n) is 1.48. The molecule has 17 heavy (non-hydrogen) atoms. The van der Waals surface area contributed by atoms with Gasteiger partial charge in [-0.15, -0.1) is 0 Å². The first-order valence-corrected chi connectivity index (χ1v) is 5.36. The lowest BCUT2D eigenvalue weighted by atomic mass is 10.2. The summed E-state index contributed by atoms with van der Waals surface area (Å²) in [4.78, 5) is 4.04. The molecular weight excluding hydrogens is 214 g/mol. The predicted molar refractivity (Wildman–Crippen MR) is 69.0 cm³/mol. The van der Waals surface area contributed by atoms with Crippen LogP contribution in [0.3, 0.4) is 0 Å². The lowest BCUT2D eigenvalue weighted by Crippen LogP contribution is -2.00.